The Bertz CT molecular complexity index is 477. The topological polar surface area (TPSA) is 32.3 Å². The minimum Gasteiger partial charge on any atom is -0.335 e. The van der Waals surface area contributed by atoms with Crippen LogP contribution in [0.25, 0.3) is 6.08 Å². The molecule has 0 saturated carbocycles. The Labute approximate surface area is 120 Å². The molecule has 2 saturated heterocycles. The Hall–Kier alpha value is -1.61. The Morgan fingerprint density at radius 1 is 1.20 bits per heavy atom. The lowest BCUT2D eigenvalue weighted by molar-refractivity contribution is -0.127. The molecule has 2 heterocycles. The van der Waals surface area contributed by atoms with Crippen LogP contribution in [0.15, 0.2) is 36.4 Å². The van der Waals surface area contributed by atoms with Crippen LogP contribution in [0.5, 0.6) is 0 Å². The summed E-state index contributed by atoms with van der Waals surface area (Å²) in [5.41, 5.74) is 1.08. The predicted molar refractivity (Wildman–Crippen MR) is 81.2 cm³/mol. The van der Waals surface area contributed by atoms with Crippen molar-refractivity contribution in [3.05, 3.63) is 42.0 Å². The van der Waals surface area contributed by atoms with Gasteiger partial charge in [-0.1, -0.05) is 30.3 Å². The van der Waals surface area contributed by atoms with Crippen LogP contribution in [-0.2, 0) is 4.79 Å². The van der Waals surface area contributed by atoms with E-state index in [2.05, 4.69) is 10.2 Å². The van der Waals surface area contributed by atoms with Gasteiger partial charge in [-0.15, -0.1) is 0 Å². The zero-order valence-electron chi connectivity index (χ0n) is 11.8. The summed E-state index contributed by atoms with van der Waals surface area (Å²) in [6.45, 7) is 2.00. The van der Waals surface area contributed by atoms with E-state index >= 15 is 0 Å². The maximum Gasteiger partial charge on any atom is 0.246 e. The van der Waals surface area contributed by atoms with Crippen LogP contribution in [0.4, 0.5) is 0 Å². The number of likely N-dealkylation sites (tertiary alicyclic amines) is 1. The summed E-state index contributed by atoms with van der Waals surface area (Å²) < 4.78 is 0. The Morgan fingerprint density at radius 3 is 2.80 bits per heavy atom. The lowest BCUT2D eigenvalue weighted by Crippen LogP contribution is -2.46. The first-order valence-corrected chi connectivity index (χ1v) is 7.62. The van der Waals surface area contributed by atoms with Crippen LogP contribution in [-0.4, -0.2) is 36.0 Å². The maximum absolute atomic E-state index is 12.4. The summed E-state index contributed by atoms with van der Waals surface area (Å²) in [4.78, 5) is 14.5. The van der Waals surface area contributed by atoms with Gasteiger partial charge in [-0.25, -0.2) is 0 Å². The number of carbonyl (C=O) groups excluding carboxylic acids is 1. The maximum atomic E-state index is 12.4. The number of rotatable bonds is 3. The second-order valence-electron chi connectivity index (χ2n) is 5.69. The molecule has 2 aliphatic heterocycles. The standard InChI is InChI=1S/C17H22N2O/c20-17(11-10-14-6-2-1-3-7-14)19-13-5-9-16(19)15-8-4-12-18-15/h1-3,6-7,10-11,15-16,18H,4-5,8-9,12-13H2. The van der Waals surface area contributed by atoms with Gasteiger partial charge in [0.05, 0.1) is 0 Å². The molecule has 106 valence electrons. The van der Waals surface area contributed by atoms with Gasteiger partial charge in [-0.05, 0) is 43.9 Å². The summed E-state index contributed by atoms with van der Waals surface area (Å²) in [5, 5.41) is 3.54. The van der Waals surface area contributed by atoms with Crippen molar-refractivity contribution in [1.82, 2.24) is 10.2 Å². The summed E-state index contributed by atoms with van der Waals surface area (Å²) in [6.07, 6.45) is 8.36. The van der Waals surface area contributed by atoms with Crippen molar-refractivity contribution in [2.45, 2.75) is 37.8 Å². The number of nitrogens with zero attached hydrogens (tertiary/aromatic N) is 1. The number of nitrogens with one attached hydrogen (secondary N) is 1. The molecule has 2 atom stereocenters. The van der Waals surface area contributed by atoms with Crippen LogP contribution in [0, 0.1) is 0 Å². The van der Waals surface area contributed by atoms with Crippen molar-refractivity contribution in [3.63, 3.8) is 0 Å². The van der Waals surface area contributed by atoms with Crippen molar-refractivity contribution >= 4 is 12.0 Å². The van der Waals surface area contributed by atoms with Crippen LogP contribution in [0.1, 0.15) is 31.2 Å². The van der Waals surface area contributed by atoms with E-state index in [1.54, 1.807) is 6.08 Å². The van der Waals surface area contributed by atoms with Gasteiger partial charge in [0, 0.05) is 24.7 Å². The minimum absolute atomic E-state index is 0.157. The molecule has 0 aliphatic carbocycles. The summed E-state index contributed by atoms with van der Waals surface area (Å²) in [7, 11) is 0. The lowest BCUT2D eigenvalue weighted by atomic mass is 10.0. The molecule has 1 amide bonds. The van der Waals surface area contributed by atoms with E-state index in [-0.39, 0.29) is 5.91 Å². The van der Waals surface area contributed by atoms with Crippen molar-refractivity contribution < 1.29 is 4.79 Å². The Balaban J connectivity index is 1.65. The third kappa shape index (κ3) is 2.93. The molecule has 3 rings (SSSR count). The molecule has 1 aromatic rings. The fraction of sp³-hybridized carbons (Fsp3) is 0.471. The number of benzene rings is 1. The monoisotopic (exact) mass is 270 g/mol. The van der Waals surface area contributed by atoms with E-state index in [0.29, 0.717) is 12.1 Å². The van der Waals surface area contributed by atoms with Crippen molar-refractivity contribution in [2.24, 2.45) is 0 Å². The van der Waals surface area contributed by atoms with Gasteiger partial charge < -0.3 is 10.2 Å². The van der Waals surface area contributed by atoms with E-state index < -0.39 is 0 Å². The first-order valence-electron chi connectivity index (χ1n) is 7.62. The van der Waals surface area contributed by atoms with Crippen LogP contribution < -0.4 is 5.32 Å². The zero-order valence-corrected chi connectivity index (χ0v) is 11.8. The molecule has 0 bridgehead atoms. The second-order valence-corrected chi connectivity index (χ2v) is 5.69. The average molecular weight is 270 g/mol. The van der Waals surface area contributed by atoms with Crippen molar-refractivity contribution in [1.29, 1.82) is 0 Å². The van der Waals surface area contributed by atoms with Gasteiger partial charge in [-0.2, -0.15) is 0 Å². The van der Waals surface area contributed by atoms with Gasteiger partial charge in [0.25, 0.3) is 0 Å². The zero-order chi connectivity index (χ0) is 13.8. The third-order valence-corrected chi connectivity index (χ3v) is 4.36. The van der Waals surface area contributed by atoms with Crippen LogP contribution in [0.3, 0.4) is 0 Å². The molecule has 1 aromatic carbocycles. The third-order valence-electron chi connectivity index (χ3n) is 4.36. The smallest absolute Gasteiger partial charge is 0.246 e. The predicted octanol–water partition coefficient (Wildman–Crippen LogP) is 2.44. The summed E-state index contributed by atoms with van der Waals surface area (Å²) in [5.74, 6) is 0.157. The summed E-state index contributed by atoms with van der Waals surface area (Å²) >= 11 is 0. The number of hydrogen-bond acceptors (Lipinski definition) is 2. The van der Waals surface area contributed by atoms with E-state index in [0.717, 1.165) is 31.5 Å². The highest BCUT2D eigenvalue weighted by Gasteiger charge is 2.34. The fourth-order valence-electron chi connectivity index (χ4n) is 3.35. The molecule has 0 aromatic heterocycles. The van der Waals surface area contributed by atoms with Crippen LogP contribution in [0.2, 0.25) is 0 Å². The van der Waals surface area contributed by atoms with E-state index in [9.17, 15) is 4.79 Å². The first-order chi connectivity index (χ1) is 9.84. The van der Waals surface area contributed by atoms with Crippen LogP contribution >= 0.6 is 0 Å². The van der Waals surface area contributed by atoms with E-state index in [1.165, 1.54) is 12.8 Å². The van der Waals surface area contributed by atoms with Gasteiger partial charge in [0.1, 0.15) is 0 Å². The number of amides is 1. The largest absolute Gasteiger partial charge is 0.335 e. The highest BCUT2D eigenvalue weighted by atomic mass is 16.2. The van der Waals surface area contributed by atoms with Gasteiger partial charge >= 0.3 is 0 Å². The molecule has 3 nitrogen and oxygen atoms in total. The molecule has 2 fully saturated rings. The lowest BCUT2D eigenvalue weighted by Gasteiger charge is -2.28. The van der Waals surface area contributed by atoms with Crippen molar-refractivity contribution in [2.75, 3.05) is 13.1 Å². The Morgan fingerprint density at radius 2 is 2.05 bits per heavy atom. The second kappa shape index (κ2) is 6.23. The molecular weight excluding hydrogens is 248 g/mol. The highest BCUT2D eigenvalue weighted by Crippen LogP contribution is 2.25. The normalized spacial score (nSPS) is 26.5. The highest BCUT2D eigenvalue weighted by molar-refractivity contribution is 5.92. The fourth-order valence-corrected chi connectivity index (χ4v) is 3.35. The molecular formula is C17H22N2O. The molecule has 2 aliphatic rings. The molecule has 3 heteroatoms. The van der Waals surface area contributed by atoms with Gasteiger partial charge in [0.15, 0.2) is 0 Å². The molecule has 0 spiro atoms. The SMILES string of the molecule is O=C(C=Cc1ccccc1)N1CCCC1C1CCCN1. The molecule has 0 radical (unpaired) electrons. The Kier molecular flexibility index (Phi) is 4.16. The minimum atomic E-state index is 0.157. The van der Waals surface area contributed by atoms with E-state index in [1.807, 2.05) is 36.4 Å². The number of hydrogen-bond donors (Lipinski definition) is 1. The molecule has 1 N–H and O–H groups in total. The average Bonchev–Trinajstić information content (AvgIpc) is 3.15. The summed E-state index contributed by atoms with van der Waals surface area (Å²) in [6, 6.07) is 10.9. The quantitative estimate of drug-likeness (QED) is 0.856. The van der Waals surface area contributed by atoms with Crippen molar-refractivity contribution in [3.8, 4) is 0 Å². The van der Waals surface area contributed by atoms with Gasteiger partial charge in [0.2, 0.25) is 5.91 Å². The van der Waals surface area contributed by atoms with E-state index in [4.69, 9.17) is 0 Å². The molecule has 20 heavy (non-hydrogen) atoms. The number of carbonyl (C=O) groups is 1. The molecule has 2 unspecified atom stereocenters. The first kappa shape index (κ1) is 13.4. The van der Waals surface area contributed by atoms with Gasteiger partial charge in [-0.3, -0.25) is 4.79 Å².